The Kier molecular flexibility index (Phi) is 4.86. The Hall–Kier alpha value is -1.33. The summed E-state index contributed by atoms with van der Waals surface area (Å²) in [5, 5.41) is 5.21. The van der Waals surface area contributed by atoms with E-state index in [1.54, 1.807) is 6.07 Å². The van der Waals surface area contributed by atoms with Crippen molar-refractivity contribution in [2.24, 2.45) is 0 Å². The number of anilines is 2. The lowest BCUT2D eigenvalue weighted by molar-refractivity contribution is 0.237. The first kappa shape index (κ1) is 18.1. The molecule has 3 nitrogen and oxygen atoms in total. The second-order valence-electron chi connectivity index (χ2n) is 7.21. The van der Waals surface area contributed by atoms with Crippen molar-refractivity contribution >= 4 is 51.9 Å². The van der Waals surface area contributed by atoms with Gasteiger partial charge in [-0.2, -0.15) is 0 Å². The van der Waals surface area contributed by atoms with E-state index in [9.17, 15) is 0 Å². The van der Waals surface area contributed by atoms with E-state index in [2.05, 4.69) is 47.3 Å². The summed E-state index contributed by atoms with van der Waals surface area (Å²) in [6, 6.07) is 12.5. The van der Waals surface area contributed by atoms with Gasteiger partial charge in [0.25, 0.3) is 0 Å². The zero-order chi connectivity index (χ0) is 18.4. The summed E-state index contributed by atoms with van der Waals surface area (Å²) < 4.78 is 0. The molecule has 136 valence electrons. The van der Waals surface area contributed by atoms with Crippen molar-refractivity contribution < 1.29 is 0 Å². The van der Waals surface area contributed by atoms with Crippen LogP contribution in [0.15, 0.2) is 36.4 Å². The first-order chi connectivity index (χ1) is 12.4. The number of nitrogens with zero attached hydrogens (tertiary/aromatic N) is 2. The summed E-state index contributed by atoms with van der Waals surface area (Å²) in [6.45, 7) is 4.28. The fraction of sp³-hybridized carbons (Fsp3) is 0.350. The highest BCUT2D eigenvalue weighted by atomic mass is 35.5. The molecule has 4 rings (SSSR count). The highest BCUT2D eigenvalue weighted by Gasteiger charge is 2.42. The number of halogens is 2. The van der Waals surface area contributed by atoms with Crippen molar-refractivity contribution in [2.75, 3.05) is 30.4 Å². The standard InChI is InChI=1S/C20H21Cl2N3S/c1-12-3-6-18-14(9-12)15-11-24(2)8-7-19(15)25(18)20(26)23-17-5-4-13(21)10-16(17)22/h3-6,9-10,15,19H,7-8,11H2,1-2H3,(H,23,26)/t15-,19-/m1/s1. The minimum absolute atomic E-state index is 0.383. The lowest BCUT2D eigenvalue weighted by Gasteiger charge is -2.37. The van der Waals surface area contributed by atoms with Crippen LogP contribution in [-0.2, 0) is 0 Å². The number of rotatable bonds is 1. The van der Waals surface area contributed by atoms with E-state index in [0.717, 1.165) is 25.2 Å². The third kappa shape index (κ3) is 3.20. The van der Waals surface area contributed by atoms with Gasteiger partial charge in [0, 0.05) is 29.2 Å². The van der Waals surface area contributed by atoms with Gasteiger partial charge in [0.2, 0.25) is 0 Å². The molecule has 6 heteroatoms. The van der Waals surface area contributed by atoms with Crippen LogP contribution in [0.3, 0.4) is 0 Å². The number of benzene rings is 2. The van der Waals surface area contributed by atoms with Gasteiger partial charge in [-0.3, -0.25) is 0 Å². The van der Waals surface area contributed by atoms with Gasteiger partial charge in [-0.1, -0.05) is 40.9 Å². The predicted octanol–water partition coefficient (Wildman–Crippen LogP) is 5.31. The number of hydrogen-bond acceptors (Lipinski definition) is 2. The number of piperidine rings is 1. The molecule has 26 heavy (non-hydrogen) atoms. The second-order valence-corrected chi connectivity index (χ2v) is 8.44. The first-order valence-electron chi connectivity index (χ1n) is 8.78. The Morgan fingerprint density at radius 1 is 1.19 bits per heavy atom. The first-order valence-corrected chi connectivity index (χ1v) is 9.95. The number of nitrogens with one attached hydrogen (secondary N) is 1. The fourth-order valence-corrected chi connectivity index (χ4v) is 4.91. The maximum absolute atomic E-state index is 6.33. The minimum atomic E-state index is 0.383. The molecule has 2 atom stereocenters. The molecule has 0 radical (unpaired) electrons. The van der Waals surface area contributed by atoms with E-state index in [-0.39, 0.29) is 0 Å². The van der Waals surface area contributed by atoms with Gasteiger partial charge in [0.1, 0.15) is 0 Å². The summed E-state index contributed by atoms with van der Waals surface area (Å²) >= 11 is 18.1. The van der Waals surface area contributed by atoms with E-state index in [0.29, 0.717) is 27.1 Å². The van der Waals surface area contributed by atoms with Gasteiger partial charge in [-0.05, 0) is 69.0 Å². The summed E-state index contributed by atoms with van der Waals surface area (Å²) in [7, 11) is 2.19. The SMILES string of the molecule is Cc1ccc2c(c1)[C@H]1CN(C)CC[C@H]1N2C(=S)Nc1ccc(Cl)cc1Cl. The smallest absolute Gasteiger partial charge is 0.178 e. The second kappa shape index (κ2) is 7.01. The Morgan fingerprint density at radius 3 is 2.77 bits per heavy atom. The molecule has 1 saturated heterocycles. The topological polar surface area (TPSA) is 18.5 Å². The van der Waals surface area contributed by atoms with Gasteiger partial charge in [0.15, 0.2) is 5.11 Å². The molecule has 0 spiro atoms. The van der Waals surface area contributed by atoms with Crippen LogP contribution in [0.4, 0.5) is 11.4 Å². The molecular formula is C20H21Cl2N3S. The highest BCUT2D eigenvalue weighted by molar-refractivity contribution is 7.80. The molecular weight excluding hydrogens is 385 g/mol. The van der Waals surface area contributed by atoms with Gasteiger partial charge in [-0.25, -0.2) is 0 Å². The van der Waals surface area contributed by atoms with Crippen LogP contribution in [0.1, 0.15) is 23.5 Å². The largest absolute Gasteiger partial charge is 0.331 e. The number of fused-ring (bicyclic) bond motifs is 3. The molecule has 2 aromatic rings. The van der Waals surface area contributed by atoms with Crippen LogP contribution < -0.4 is 10.2 Å². The maximum atomic E-state index is 6.33. The van der Waals surface area contributed by atoms with Crippen LogP contribution in [0.2, 0.25) is 10.0 Å². The van der Waals surface area contributed by atoms with Gasteiger partial charge < -0.3 is 15.1 Å². The third-order valence-electron chi connectivity index (χ3n) is 5.34. The molecule has 2 aromatic carbocycles. The summed E-state index contributed by atoms with van der Waals surface area (Å²) in [5.41, 5.74) is 4.68. The number of thiocarbonyl (C=S) groups is 1. The summed E-state index contributed by atoms with van der Waals surface area (Å²) in [4.78, 5) is 4.69. The predicted molar refractivity (Wildman–Crippen MR) is 115 cm³/mol. The Balaban J connectivity index is 1.68. The number of hydrogen-bond donors (Lipinski definition) is 1. The quantitative estimate of drug-likeness (QED) is 0.647. The molecule has 0 bridgehead atoms. The van der Waals surface area contributed by atoms with Gasteiger partial charge in [-0.15, -0.1) is 0 Å². The van der Waals surface area contributed by atoms with Crippen molar-refractivity contribution in [1.82, 2.24) is 4.90 Å². The lowest BCUT2D eigenvalue weighted by atomic mass is 9.89. The van der Waals surface area contributed by atoms with Gasteiger partial charge >= 0.3 is 0 Å². The van der Waals surface area contributed by atoms with Crippen LogP contribution in [0.25, 0.3) is 0 Å². The van der Waals surface area contributed by atoms with Crippen molar-refractivity contribution in [3.63, 3.8) is 0 Å². The molecule has 0 amide bonds. The molecule has 0 saturated carbocycles. The number of likely N-dealkylation sites (N-methyl/N-ethyl adjacent to an activating group) is 1. The molecule has 2 heterocycles. The average molecular weight is 406 g/mol. The van der Waals surface area contributed by atoms with Crippen molar-refractivity contribution in [3.8, 4) is 0 Å². The van der Waals surface area contributed by atoms with E-state index in [1.807, 2.05) is 12.1 Å². The van der Waals surface area contributed by atoms with Gasteiger partial charge in [0.05, 0.1) is 10.7 Å². The van der Waals surface area contributed by atoms with E-state index in [4.69, 9.17) is 35.4 Å². The average Bonchev–Trinajstić information content (AvgIpc) is 2.90. The minimum Gasteiger partial charge on any atom is -0.331 e. The number of likely N-dealkylation sites (tertiary alicyclic amines) is 1. The van der Waals surface area contributed by atoms with Crippen molar-refractivity contribution in [3.05, 3.63) is 57.6 Å². The molecule has 0 aromatic heterocycles. The third-order valence-corrected chi connectivity index (χ3v) is 6.19. The molecule has 2 aliphatic rings. The lowest BCUT2D eigenvalue weighted by Crippen LogP contribution is -2.48. The molecule has 1 fully saturated rings. The molecule has 0 unspecified atom stereocenters. The van der Waals surface area contributed by atoms with Crippen LogP contribution in [0, 0.1) is 6.92 Å². The fourth-order valence-electron chi connectivity index (χ4n) is 4.11. The van der Waals surface area contributed by atoms with E-state index < -0.39 is 0 Å². The van der Waals surface area contributed by atoms with Crippen molar-refractivity contribution in [1.29, 1.82) is 0 Å². The zero-order valence-corrected chi connectivity index (χ0v) is 17.1. The van der Waals surface area contributed by atoms with Crippen LogP contribution >= 0.6 is 35.4 Å². The van der Waals surface area contributed by atoms with Crippen molar-refractivity contribution in [2.45, 2.75) is 25.3 Å². The normalized spacial score (nSPS) is 22.1. The van der Waals surface area contributed by atoms with Crippen LogP contribution in [0.5, 0.6) is 0 Å². The molecule has 0 aliphatic carbocycles. The molecule has 2 aliphatic heterocycles. The highest BCUT2D eigenvalue weighted by Crippen LogP contribution is 2.45. The summed E-state index contributed by atoms with van der Waals surface area (Å²) in [6.07, 6.45) is 1.09. The van der Waals surface area contributed by atoms with Crippen LogP contribution in [-0.4, -0.2) is 36.2 Å². The number of aryl methyl sites for hydroxylation is 1. The zero-order valence-electron chi connectivity index (χ0n) is 14.8. The monoisotopic (exact) mass is 405 g/mol. The maximum Gasteiger partial charge on any atom is 0.178 e. The van der Waals surface area contributed by atoms with E-state index in [1.165, 1.54) is 16.8 Å². The van der Waals surface area contributed by atoms with E-state index >= 15 is 0 Å². The Bertz CT molecular complexity index is 870. The summed E-state index contributed by atoms with van der Waals surface area (Å²) in [5.74, 6) is 0.476. The Labute approximate surface area is 169 Å². The molecule has 1 N–H and O–H groups in total. The Morgan fingerprint density at radius 2 is 2.00 bits per heavy atom.